The minimum atomic E-state index is -0.855. The molecule has 0 radical (unpaired) electrons. The summed E-state index contributed by atoms with van der Waals surface area (Å²) in [5, 5.41) is 14.7. The van der Waals surface area contributed by atoms with Gasteiger partial charge in [0.15, 0.2) is 0 Å². The largest absolute Gasteiger partial charge is 0.480 e. The molecule has 1 N–H and O–H groups in total. The van der Waals surface area contributed by atoms with Crippen LogP contribution in [0.5, 0.6) is 0 Å². The molecule has 2 heterocycles. The fourth-order valence-corrected chi connectivity index (χ4v) is 2.39. The van der Waals surface area contributed by atoms with Gasteiger partial charge in [-0.25, -0.2) is 0 Å². The molecule has 8 heteroatoms. The van der Waals surface area contributed by atoms with Gasteiger partial charge in [0.1, 0.15) is 0 Å². The molecule has 0 fully saturated rings. The molecule has 2 aromatic rings. The van der Waals surface area contributed by atoms with Gasteiger partial charge in [-0.3, -0.25) is 9.69 Å². The summed E-state index contributed by atoms with van der Waals surface area (Å²) in [5.74, 6) is 0.140. The first-order valence-corrected chi connectivity index (χ1v) is 6.87. The second kappa shape index (κ2) is 7.98. The Balaban J connectivity index is 0.00000200. The Bertz CT molecular complexity index is 530. The summed E-state index contributed by atoms with van der Waals surface area (Å²) in [6.07, 6.45) is 0.874. The number of aliphatic carboxylic acids is 1. The maximum absolute atomic E-state index is 10.8. The molecule has 6 nitrogen and oxygen atoms in total. The van der Waals surface area contributed by atoms with Gasteiger partial charge in [-0.1, -0.05) is 18.1 Å². The number of aromatic nitrogens is 2. The molecule has 0 aromatic carbocycles. The number of thiophene rings is 1. The molecular formula is C12H16ClN3O3S. The number of hydrogen-bond donors (Lipinski definition) is 1. The second-order valence-electron chi connectivity index (χ2n) is 4.09. The number of rotatable bonds is 7. The first-order chi connectivity index (χ1) is 9.19. The topological polar surface area (TPSA) is 79.5 Å². The SMILES string of the molecule is CCCN(CC(=O)O)Cc1nc(-c2cccs2)no1.Cl. The van der Waals surface area contributed by atoms with Gasteiger partial charge in [-0.2, -0.15) is 4.98 Å². The smallest absolute Gasteiger partial charge is 0.317 e. The Labute approximate surface area is 126 Å². The summed E-state index contributed by atoms with van der Waals surface area (Å²) in [7, 11) is 0. The van der Waals surface area contributed by atoms with E-state index in [1.54, 1.807) is 4.90 Å². The zero-order valence-corrected chi connectivity index (χ0v) is 12.6. The monoisotopic (exact) mass is 317 g/mol. The van der Waals surface area contributed by atoms with Crippen molar-refractivity contribution in [3.63, 3.8) is 0 Å². The molecular weight excluding hydrogens is 302 g/mol. The molecule has 110 valence electrons. The molecule has 0 aliphatic rings. The van der Waals surface area contributed by atoms with Gasteiger partial charge in [0.05, 0.1) is 18.0 Å². The molecule has 0 aliphatic heterocycles. The van der Waals surface area contributed by atoms with Crippen LogP contribution in [0.2, 0.25) is 0 Å². The number of carbonyl (C=O) groups is 1. The van der Waals surface area contributed by atoms with Crippen molar-refractivity contribution in [1.29, 1.82) is 0 Å². The predicted octanol–water partition coefficient (Wildman–Crippen LogP) is 2.52. The van der Waals surface area contributed by atoms with Crippen molar-refractivity contribution in [2.24, 2.45) is 0 Å². The predicted molar refractivity (Wildman–Crippen MR) is 78.1 cm³/mol. The van der Waals surface area contributed by atoms with Crippen LogP contribution in [0.15, 0.2) is 22.0 Å². The van der Waals surface area contributed by atoms with E-state index >= 15 is 0 Å². The van der Waals surface area contributed by atoms with Gasteiger partial charge in [-0.15, -0.1) is 23.7 Å². The van der Waals surface area contributed by atoms with Crippen LogP contribution in [0, 0.1) is 0 Å². The van der Waals surface area contributed by atoms with Crippen LogP contribution < -0.4 is 0 Å². The van der Waals surface area contributed by atoms with Crippen LogP contribution in [0.1, 0.15) is 19.2 Å². The molecule has 0 amide bonds. The zero-order chi connectivity index (χ0) is 13.7. The summed E-state index contributed by atoms with van der Waals surface area (Å²) >= 11 is 1.54. The highest BCUT2D eigenvalue weighted by Gasteiger charge is 2.15. The summed E-state index contributed by atoms with van der Waals surface area (Å²) in [6, 6.07) is 3.84. The number of carboxylic acids is 1. The van der Waals surface area contributed by atoms with Crippen molar-refractivity contribution in [2.75, 3.05) is 13.1 Å². The lowest BCUT2D eigenvalue weighted by atomic mass is 10.4. The second-order valence-corrected chi connectivity index (χ2v) is 5.04. The van der Waals surface area contributed by atoms with E-state index in [1.165, 1.54) is 11.3 Å². The minimum Gasteiger partial charge on any atom is -0.480 e. The summed E-state index contributed by atoms with van der Waals surface area (Å²) in [6.45, 7) is 3.02. The Morgan fingerprint density at radius 1 is 1.55 bits per heavy atom. The van der Waals surface area contributed by atoms with Crippen molar-refractivity contribution >= 4 is 29.7 Å². The molecule has 0 aliphatic carbocycles. The summed E-state index contributed by atoms with van der Waals surface area (Å²) in [4.78, 5) is 17.8. The van der Waals surface area contributed by atoms with E-state index < -0.39 is 5.97 Å². The lowest BCUT2D eigenvalue weighted by molar-refractivity contribution is -0.138. The van der Waals surface area contributed by atoms with Crippen LogP contribution in [-0.2, 0) is 11.3 Å². The standard InChI is InChI=1S/C12H15N3O3S.ClH/c1-2-5-15(8-11(16)17)7-10-13-12(14-18-10)9-4-3-6-19-9;/h3-4,6H,2,5,7-8H2,1H3,(H,16,17);1H. The molecule has 2 aromatic heterocycles. The average Bonchev–Trinajstić information content (AvgIpc) is 2.97. The highest BCUT2D eigenvalue weighted by molar-refractivity contribution is 7.13. The van der Waals surface area contributed by atoms with Gasteiger partial charge < -0.3 is 9.63 Å². The molecule has 0 unspecified atom stereocenters. The fraction of sp³-hybridized carbons (Fsp3) is 0.417. The summed E-state index contributed by atoms with van der Waals surface area (Å²) < 4.78 is 5.16. The lowest BCUT2D eigenvalue weighted by Crippen LogP contribution is -2.30. The van der Waals surface area contributed by atoms with Crippen molar-refractivity contribution < 1.29 is 14.4 Å². The van der Waals surface area contributed by atoms with E-state index in [9.17, 15) is 4.79 Å². The van der Waals surface area contributed by atoms with Gasteiger partial charge in [-0.05, 0) is 24.4 Å². The Morgan fingerprint density at radius 3 is 2.95 bits per heavy atom. The van der Waals surface area contributed by atoms with Crippen molar-refractivity contribution in [3.8, 4) is 10.7 Å². The maximum Gasteiger partial charge on any atom is 0.317 e. The van der Waals surface area contributed by atoms with Crippen molar-refractivity contribution in [3.05, 3.63) is 23.4 Å². The number of nitrogens with zero attached hydrogens (tertiary/aromatic N) is 3. The molecule has 0 atom stereocenters. The first-order valence-electron chi connectivity index (χ1n) is 5.99. The van der Waals surface area contributed by atoms with E-state index in [0.29, 0.717) is 24.8 Å². The number of halogens is 1. The molecule has 20 heavy (non-hydrogen) atoms. The minimum absolute atomic E-state index is 0. The van der Waals surface area contributed by atoms with E-state index in [4.69, 9.17) is 9.63 Å². The van der Waals surface area contributed by atoms with Gasteiger partial charge >= 0.3 is 5.97 Å². The third-order valence-corrected chi connectivity index (χ3v) is 3.33. The fourth-order valence-electron chi connectivity index (χ4n) is 1.74. The normalized spacial score (nSPS) is 10.5. The number of carboxylic acid groups (broad SMARTS) is 1. The van der Waals surface area contributed by atoms with Gasteiger partial charge in [0.2, 0.25) is 11.7 Å². The van der Waals surface area contributed by atoms with Gasteiger partial charge in [0.25, 0.3) is 0 Å². The molecule has 0 bridgehead atoms. The quantitative estimate of drug-likeness (QED) is 0.845. The Morgan fingerprint density at radius 2 is 2.35 bits per heavy atom. The van der Waals surface area contributed by atoms with E-state index in [1.807, 2.05) is 24.4 Å². The number of hydrogen-bond acceptors (Lipinski definition) is 6. The Kier molecular flexibility index (Phi) is 6.63. The van der Waals surface area contributed by atoms with Crippen LogP contribution in [0.25, 0.3) is 10.7 Å². The first kappa shape index (κ1) is 16.6. The van der Waals surface area contributed by atoms with Crippen LogP contribution >= 0.6 is 23.7 Å². The van der Waals surface area contributed by atoms with Crippen molar-refractivity contribution in [1.82, 2.24) is 15.0 Å². The van der Waals surface area contributed by atoms with E-state index in [-0.39, 0.29) is 19.0 Å². The Hall–Kier alpha value is -1.44. The molecule has 0 spiro atoms. The molecule has 0 saturated carbocycles. The third kappa shape index (κ3) is 4.59. The summed E-state index contributed by atoms with van der Waals surface area (Å²) in [5.41, 5.74) is 0. The molecule has 0 saturated heterocycles. The lowest BCUT2D eigenvalue weighted by Gasteiger charge is -2.16. The maximum atomic E-state index is 10.8. The van der Waals surface area contributed by atoms with Gasteiger partial charge in [0, 0.05) is 0 Å². The van der Waals surface area contributed by atoms with Crippen molar-refractivity contribution in [2.45, 2.75) is 19.9 Å². The average molecular weight is 318 g/mol. The van der Waals surface area contributed by atoms with E-state index in [0.717, 1.165) is 11.3 Å². The zero-order valence-electron chi connectivity index (χ0n) is 11.0. The van der Waals surface area contributed by atoms with Crippen LogP contribution in [0.4, 0.5) is 0 Å². The third-order valence-electron chi connectivity index (χ3n) is 2.47. The highest BCUT2D eigenvalue weighted by atomic mass is 35.5. The highest BCUT2D eigenvalue weighted by Crippen LogP contribution is 2.21. The van der Waals surface area contributed by atoms with E-state index in [2.05, 4.69) is 10.1 Å². The van der Waals surface area contributed by atoms with Crippen LogP contribution in [-0.4, -0.2) is 39.2 Å². The van der Waals surface area contributed by atoms with Crippen LogP contribution in [0.3, 0.4) is 0 Å². The molecule has 2 rings (SSSR count).